The quantitative estimate of drug-likeness (QED) is 0.736. The average molecular weight is 333 g/mol. The van der Waals surface area contributed by atoms with E-state index in [2.05, 4.69) is 9.97 Å². The normalized spacial score (nSPS) is 17.0. The number of benzene rings is 1. The van der Waals surface area contributed by atoms with Crippen LogP contribution in [0.5, 0.6) is 0 Å². The molecule has 1 aliphatic rings. The van der Waals surface area contributed by atoms with Crippen LogP contribution in [0.2, 0.25) is 0 Å². The number of nitrogens with zero attached hydrogens (tertiary/aromatic N) is 5. The Morgan fingerprint density at radius 3 is 2.84 bits per heavy atom. The molecule has 0 saturated carbocycles. The maximum absolute atomic E-state index is 12.8. The molecule has 1 amide bonds. The van der Waals surface area contributed by atoms with E-state index in [-0.39, 0.29) is 11.9 Å². The lowest BCUT2D eigenvalue weighted by Gasteiger charge is -2.24. The molecule has 2 aromatic heterocycles. The lowest BCUT2D eigenvalue weighted by atomic mass is 10.1. The standard InChI is InChI=1S/C19H19N5O/c25-19(11-15-5-2-1-3-6-15)24-9-4-7-17(24)16-12-21-13-18(22-16)23-10-8-20-14-23/h1-3,5-6,8,10,12-14,17H,4,7,9,11H2. The van der Waals surface area contributed by atoms with Crippen LogP contribution >= 0.6 is 0 Å². The molecule has 6 nitrogen and oxygen atoms in total. The van der Waals surface area contributed by atoms with Crippen LogP contribution in [0, 0.1) is 0 Å². The Balaban J connectivity index is 1.55. The molecule has 1 fully saturated rings. The van der Waals surface area contributed by atoms with Crippen molar-refractivity contribution < 1.29 is 4.79 Å². The van der Waals surface area contributed by atoms with E-state index in [0.29, 0.717) is 6.42 Å². The molecule has 25 heavy (non-hydrogen) atoms. The van der Waals surface area contributed by atoms with E-state index in [1.54, 1.807) is 24.9 Å². The van der Waals surface area contributed by atoms with Gasteiger partial charge in [0, 0.05) is 18.9 Å². The van der Waals surface area contributed by atoms with Crippen molar-refractivity contribution in [2.75, 3.05) is 6.54 Å². The number of amides is 1. The zero-order valence-corrected chi connectivity index (χ0v) is 13.8. The van der Waals surface area contributed by atoms with E-state index < -0.39 is 0 Å². The van der Waals surface area contributed by atoms with Gasteiger partial charge in [-0.25, -0.2) is 9.97 Å². The molecule has 6 heteroatoms. The van der Waals surface area contributed by atoms with Crippen molar-refractivity contribution in [3.63, 3.8) is 0 Å². The topological polar surface area (TPSA) is 63.9 Å². The summed E-state index contributed by atoms with van der Waals surface area (Å²) in [7, 11) is 0. The molecule has 1 saturated heterocycles. The van der Waals surface area contributed by atoms with Crippen LogP contribution < -0.4 is 0 Å². The highest BCUT2D eigenvalue weighted by Gasteiger charge is 2.31. The first-order valence-electron chi connectivity index (χ1n) is 8.45. The fourth-order valence-electron chi connectivity index (χ4n) is 3.29. The molecule has 1 atom stereocenters. The number of rotatable bonds is 4. The van der Waals surface area contributed by atoms with Gasteiger partial charge in [-0.1, -0.05) is 30.3 Å². The maximum atomic E-state index is 12.8. The Morgan fingerprint density at radius 2 is 2.04 bits per heavy atom. The Morgan fingerprint density at radius 1 is 1.16 bits per heavy atom. The number of carbonyl (C=O) groups excluding carboxylic acids is 1. The summed E-state index contributed by atoms with van der Waals surface area (Å²) in [6, 6.07) is 9.86. The SMILES string of the molecule is O=C(Cc1ccccc1)N1CCCC1c1cncc(-n2ccnc2)n1. The van der Waals surface area contributed by atoms with Crippen molar-refractivity contribution in [2.24, 2.45) is 0 Å². The molecular weight excluding hydrogens is 314 g/mol. The van der Waals surface area contributed by atoms with Gasteiger partial charge in [-0.15, -0.1) is 0 Å². The molecule has 3 heterocycles. The lowest BCUT2D eigenvalue weighted by Crippen LogP contribution is -2.32. The highest BCUT2D eigenvalue weighted by Crippen LogP contribution is 2.31. The van der Waals surface area contributed by atoms with Gasteiger partial charge in [0.2, 0.25) is 5.91 Å². The van der Waals surface area contributed by atoms with E-state index >= 15 is 0 Å². The van der Waals surface area contributed by atoms with Crippen molar-refractivity contribution in [2.45, 2.75) is 25.3 Å². The summed E-state index contributed by atoms with van der Waals surface area (Å²) in [6.45, 7) is 0.771. The van der Waals surface area contributed by atoms with Gasteiger partial charge >= 0.3 is 0 Å². The van der Waals surface area contributed by atoms with Crippen LogP contribution in [-0.4, -0.2) is 36.9 Å². The minimum atomic E-state index is -0.00724. The Kier molecular flexibility index (Phi) is 4.24. The molecule has 0 aliphatic carbocycles. The summed E-state index contributed by atoms with van der Waals surface area (Å²) in [5, 5.41) is 0. The van der Waals surface area contributed by atoms with Gasteiger partial charge in [-0.05, 0) is 18.4 Å². The molecule has 3 aromatic rings. The Bertz CT molecular complexity index is 847. The second-order valence-corrected chi connectivity index (χ2v) is 6.18. The van der Waals surface area contributed by atoms with Gasteiger partial charge in [-0.3, -0.25) is 14.3 Å². The molecule has 0 N–H and O–H groups in total. The van der Waals surface area contributed by atoms with Gasteiger partial charge in [0.25, 0.3) is 0 Å². The summed E-state index contributed by atoms with van der Waals surface area (Å²) < 4.78 is 1.82. The third-order valence-corrected chi connectivity index (χ3v) is 4.52. The van der Waals surface area contributed by atoms with Crippen molar-refractivity contribution in [1.29, 1.82) is 0 Å². The van der Waals surface area contributed by atoms with Crippen LogP contribution in [0.1, 0.15) is 30.1 Å². The molecule has 0 bridgehead atoms. The van der Waals surface area contributed by atoms with Crippen LogP contribution in [0.15, 0.2) is 61.4 Å². The Labute approximate surface area is 146 Å². The number of aromatic nitrogens is 4. The molecule has 1 aromatic carbocycles. The third kappa shape index (κ3) is 3.28. The van der Waals surface area contributed by atoms with Crippen molar-refractivity contribution >= 4 is 5.91 Å². The monoisotopic (exact) mass is 333 g/mol. The first kappa shape index (κ1) is 15.5. The number of hydrogen-bond acceptors (Lipinski definition) is 4. The van der Waals surface area contributed by atoms with E-state index in [1.165, 1.54) is 0 Å². The van der Waals surface area contributed by atoms with E-state index in [1.807, 2.05) is 46.0 Å². The number of imidazole rings is 1. The zero-order valence-electron chi connectivity index (χ0n) is 13.8. The molecule has 1 aliphatic heterocycles. The first-order chi connectivity index (χ1) is 12.3. The van der Waals surface area contributed by atoms with Gasteiger partial charge in [0.1, 0.15) is 6.33 Å². The van der Waals surface area contributed by atoms with Crippen LogP contribution in [-0.2, 0) is 11.2 Å². The Hall–Kier alpha value is -3.02. The predicted molar refractivity (Wildman–Crippen MR) is 93.0 cm³/mol. The van der Waals surface area contributed by atoms with Crippen molar-refractivity contribution in [3.05, 3.63) is 72.7 Å². The molecule has 1 unspecified atom stereocenters. The molecular formula is C19H19N5O. The van der Waals surface area contributed by atoms with Gasteiger partial charge in [0.05, 0.1) is 30.6 Å². The molecule has 0 radical (unpaired) electrons. The predicted octanol–water partition coefficient (Wildman–Crippen LogP) is 2.57. The van der Waals surface area contributed by atoms with E-state index in [0.717, 1.165) is 36.5 Å². The lowest BCUT2D eigenvalue weighted by molar-refractivity contribution is -0.131. The van der Waals surface area contributed by atoms with Crippen molar-refractivity contribution in [3.8, 4) is 5.82 Å². The molecule has 126 valence electrons. The summed E-state index contributed by atoms with van der Waals surface area (Å²) in [4.78, 5) is 27.8. The summed E-state index contributed by atoms with van der Waals surface area (Å²) in [5.74, 6) is 0.862. The fourth-order valence-corrected chi connectivity index (χ4v) is 3.29. The minimum absolute atomic E-state index is 0.00724. The van der Waals surface area contributed by atoms with E-state index in [9.17, 15) is 4.79 Å². The highest BCUT2D eigenvalue weighted by atomic mass is 16.2. The molecule has 4 rings (SSSR count). The number of hydrogen-bond donors (Lipinski definition) is 0. The fraction of sp³-hybridized carbons (Fsp3) is 0.263. The maximum Gasteiger partial charge on any atom is 0.227 e. The second-order valence-electron chi connectivity index (χ2n) is 6.18. The zero-order chi connectivity index (χ0) is 17.1. The number of carbonyl (C=O) groups is 1. The van der Waals surface area contributed by atoms with Gasteiger partial charge in [0.15, 0.2) is 5.82 Å². The van der Waals surface area contributed by atoms with Gasteiger partial charge < -0.3 is 4.90 Å². The largest absolute Gasteiger partial charge is 0.334 e. The summed E-state index contributed by atoms with van der Waals surface area (Å²) in [5.41, 5.74) is 1.88. The number of likely N-dealkylation sites (tertiary alicyclic amines) is 1. The minimum Gasteiger partial charge on any atom is -0.334 e. The second kappa shape index (κ2) is 6.84. The third-order valence-electron chi connectivity index (χ3n) is 4.52. The summed E-state index contributed by atoms with van der Waals surface area (Å²) in [6.07, 6.45) is 11.0. The first-order valence-corrected chi connectivity index (χ1v) is 8.45. The average Bonchev–Trinajstić information content (AvgIpc) is 3.35. The summed E-state index contributed by atoms with van der Waals surface area (Å²) >= 11 is 0. The smallest absolute Gasteiger partial charge is 0.227 e. The van der Waals surface area contributed by atoms with Crippen LogP contribution in [0.3, 0.4) is 0 Å². The van der Waals surface area contributed by atoms with Crippen LogP contribution in [0.25, 0.3) is 5.82 Å². The van der Waals surface area contributed by atoms with Crippen LogP contribution in [0.4, 0.5) is 0 Å². The molecule has 0 spiro atoms. The van der Waals surface area contributed by atoms with E-state index in [4.69, 9.17) is 4.98 Å². The van der Waals surface area contributed by atoms with Gasteiger partial charge in [-0.2, -0.15) is 0 Å². The van der Waals surface area contributed by atoms with Crippen molar-refractivity contribution in [1.82, 2.24) is 24.4 Å². The highest BCUT2D eigenvalue weighted by molar-refractivity contribution is 5.79.